The minimum absolute atomic E-state index is 0.210. The van der Waals surface area contributed by atoms with E-state index in [2.05, 4.69) is 61.6 Å². The van der Waals surface area contributed by atoms with E-state index >= 15 is 0 Å². The summed E-state index contributed by atoms with van der Waals surface area (Å²) in [4.78, 5) is 0. The molecule has 1 unspecified atom stereocenters. The third-order valence-electron chi connectivity index (χ3n) is 3.52. The fraction of sp³-hybridized carbons (Fsp3) is 0.368. The molecule has 112 valence electrons. The lowest BCUT2D eigenvalue weighted by atomic mass is 10.0. The Kier molecular flexibility index (Phi) is 6.29. The summed E-state index contributed by atoms with van der Waals surface area (Å²) in [6.45, 7) is 6.29. The van der Waals surface area contributed by atoms with Crippen LogP contribution >= 0.6 is 0 Å². The highest BCUT2D eigenvalue weighted by Gasteiger charge is 2.11. The van der Waals surface area contributed by atoms with Crippen molar-refractivity contribution in [3.8, 4) is 16.9 Å². The van der Waals surface area contributed by atoms with E-state index in [-0.39, 0.29) is 6.10 Å². The molecule has 2 heteroatoms. The lowest BCUT2D eigenvalue weighted by Crippen LogP contribution is -2.31. The Balaban J connectivity index is 2.12. The first kappa shape index (κ1) is 15.6. The van der Waals surface area contributed by atoms with Gasteiger partial charge in [-0.2, -0.15) is 0 Å². The normalized spacial score (nSPS) is 12.1. The van der Waals surface area contributed by atoms with Gasteiger partial charge in [-0.25, -0.2) is 0 Å². The van der Waals surface area contributed by atoms with Crippen LogP contribution in [0.2, 0.25) is 0 Å². The number of nitrogens with one attached hydrogen (secondary N) is 1. The van der Waals surface area contributed by atoms with Crippen molar-refractivity contribution in [3.63, 3.8) is 0 Å². The van der Waals surface area contributed by atoms with Crippen LogP contribution in [0.4, 0.5) is 0 Å². The quantitative estimate of drug-likeness (QED) is 0.720. The van der Waals surface area contributed by atoms with Crippen LogP contribution in [-0.4, -0.2) is 19.2 Å². The number of hydrogen-bond acceptors (Lipinski definition) is 2. The van der Waals surface area contributed by atoms with Gasteiger partial charge in [0.05, 0.1) is 0 Å². The minimum Gasteiger partial charge on any atom is -0.488 e. The molecule has 0 spiro atoms. The van der Waals surface area contributed by atoms with E-state index in [9.17, 15) is 0 Å². The Morgan fingerprint density at radius 3 is 2.38 bits per heavy atom. The molecule has 0 aromatic heterocycles. The molecule has 0 aliphatic heterocycles. The summed E-state index contributed by atoms with van der Waals surface area (Å²) < 4.78 is 6.23. The van der Waals surface area contributed by atoms with Gasteiger partial charge in [0.25, 0.3) is 0 Å². The van der Waals surface area contributed by atoms with Crippen LogP contribution in [0, 0.1) is 0 Å². The van der Waals surface area contributed by atoms with Crippen molar-refractivity contribution in [1.82, 2.24) is 5.32 Å². The molecule has 21 heavy (non-hydrogen) atoms. The van der Waals surface area contributed by atoms with Crippen LogP contribution in [-0.2, 0) is 0 Å². The molecule has 2 nitrogen and oxygen atoms in total. The molecule has 0 amide bonds. The fourth-order valence-electron chi connectivity index (χ4n) is 2.31. The first-order valence-electron chi connectivity index (χ1n) is 7.87. The second-order valence-corrected chi connectivity index (χ2v) is 5.21. The fourth-order valence-corrected chi connectivity index (χ4v) is 2.31. The van der Waals surface area contributed by atoms with E-state index in [1.54, 1.807) is 0 Å². The zero-order valence-corrected chi connectivity index (χ0v) is 13.0. The molecule has 1 N–H and O–H groups in total. The van der Waals surface area contributed by atoms with Crippen LogP contribution in [0.5, 0.6) is 5.75 Å². The van der Waals surface area contributed by atoms with E-state index in [0.717, 1.165) is 37.2 Å². The standard InChI is InChI=1S/C19H25NO/c1-3-14-20-15-17(4-2)21-19-13-9-8-12-18(19)16-10-6-5-7-11-16/h5-13,17,20H,3-4,14-15H2,1-2H3. The maximum Gasteiger partial charge on any atom is 0.127 e. The summed E-state index contributed by atoms with van der Waals surface area (Å²) in [6.07, 6.45) is 2.36. The Hall–Kier alpha value is -1.80. The summed E-state index contributed by atoms with van der Waals surface area (Å²) in [5, 5.41) is 3.44. The minimum atomic E-state index is 0.210. The van der Waals surface area contributed by atoms with Crippen LogP contribution in [0.25, 0.3) is 11.1 Å². The van der Waals surface area contributed by atoms with Gasteiger partial charge in [-0.05, 0) is 31.0 Å². The van der Waals surface area contributed by atoms with Crippen molar-refractivity contribution in [3.05, 3.63) is 54.6 Å². The Morgan fingerprint density at radius 1 is 0.952 bits per heavy atom. The summed E-state index contributed by atoms with van der Waals surface area (Å²) >= 11 is 0. The Bertz CT molecular complexity index is 524. The summed E-state index contributed by atoms with van der Waals surface area (Å²) in [5.74, 6) is 0.967. The topological polar surface area (TPSA) is 21.3 Å². The molecule has 0 saturated carbocycles. The molecule has 0 fully saturated rings. The molecule has 2 aromatic carbocycles. The first-order chi connectivity index (χ1) is 10.3. The first-order valence-corrected chi connectivity index (χ1v) is 7.87. The van der Waals surface area contributed by atoms with Gasteiger partial charge < -0.3 is 10.1 Å². The molecule has 2 rings (SSSR count). The molecule has 0 aliphatic rings. The second-order valence-electron chi connectivity index (χ2n) is 5.21. The highest BCUT2D eigenvalue weighted by atomic mass is 16.5. The molecule has 0 saturated heterocycles. The third kappa shape index (κ3) is 4.61. The lowest BCUT2D eigenvalue weighted by Gasteiger charge is -2.20. The van der Waals surface area contributed by atoms with Crippen molar-refractivity contribution in [2.45, 2.75) is 32.8 Å². The SMILES string of the molecule is CCCNCC(CC)Oc1ccccc1-c1ccccc1. The molecular formula is C19H25NO. The van der Waals surface area contributed by atoms with Crippen LogP contribution in [0.15, 0.2) is 54.6 Å². The number of rotatable bonds is 8. The van der Waals surface area contributed by atoms with Crippen molar-refractivity contribution in [2.24, 2.45) is 0 Å². The van der Waals surface area contributed by atoms with Gasteiger partial charge in [-0.1, -0.05) is 62.4 Å². The monoisotopic (exact) mass is 283 g/mol. The highest BCUT2D eigenvalue weighted by molar-refractivity contribution is 5.70. The van der Waals surface area contributed by atoms with E-state index < -0.39 is 0 Å². The second kappa shape index (κ2) is 8.48. The van der Waals surface area contributed by atoms with Gasteiger partial charge in [-0.15, -0.1) is 0 Å². The van der Waals surface area contributed by atoms with Crippen molar-refractivity contribution in [2.75, 3.05) is 13.1 Å². The lowest BCUT2D eigenvalue weighted by molar-refractivity contribution is 0.194. The summed E-state index contributed by atoms with van der Waals surface area (Å²) in [6, 6.07) is 18.7. The molecule has 0 heterocycles. The van der Waals surface area contributed by atoms with Crippen molar-refractivity contribution < 1.29 is 4.74 Å². The van der Waals surface area contributed by atoms with E-state index in [0.29, 0.717) is 0 Å². The van der Waals surface area contributed by atoms with E-state index in [4.69, 9.17) is 4.74 Å². The Labute approximate surface area is 128 Å². The van der Waals surface area contributed by atoms with Gasteiger partial charge in [-0.3, -0.25) is 0 Å². The smallest absolute Gasteiger partial charge is 0.127 e. The van der Waals surface area contributed by atoms with E-state index in [1.807, 2.05) is 12.1 Å². The largest absolute Gasteiger partial charge is 0.488 e. The molecule has 2 aromatic rings. The summed E-state index contributed by atoms with van der Waals surface area (Å²) in [7, 11) is 0. The van der Waals surface area contributed by atoms with Crippen LogP contribution in [0.3, 0.4) is 0 Å². The van der Waals surface area contributed by atoms with E-state index in [1.165, 1.54) is 5.56 Å². The van der Waals surface area contributed by atoms with Gasteiger partial charge in [0, 0.05) is 12.1 Å². The van der Waals surface area contributed by atoms with Gasteiger partial charge in [0.15, 0.2) is 0 Å². The molecular weight excluding hydrogens is 258 g/mol. The Morgan fingerprint density at radius 2 is 1.67 bits per heavy atom. The summed E-state index contributed by atoms with van der Waals surface area (Å²) in [5.41, 5.74) is 2.36. The number of para-hydroxylation sites is 1. The highest BCUT2D eigenvalue weighted by Crippen LogP contribution is 2.30. The maximum atomic E-state index is 6.23. The van der Waals surface area contributed by atoms with Crippen molar-refractivity contribution >= 4 is 0 Å². The molecule has 0 radical (unpaired) electrons. The van der Waals surface area contributed by atoms with Crippen molar-refractivity contribution in [1.29, 1.82) is 0 Å². The molecule has 0 aliphatic carbocycles. The number of benzene rings is 2. The average molecular weight is 283 g/mol. The van der Waals surface area contributed by atoms with Gasteiger partial charge in [0.2, 0.25) is 0 Å². The predicted octanol–water partition coefficient (Wildman–Crippen LogP) is 4.51. The van der Waals surface area contributed by atoms with Crippen LogP contribution < -0.4 is 10.1 Å². The molecule has 0 bridgehead atoms. The zero-order valence-electron chi connectivity index (χ0n) is 13.0. The van der Waals surface area contributed by atoms with Gasteiger partial charge in [0.1, 0.15) is 11.9 Å². The average Bonchev–Trinajstić information content (AvgIpc) is 2.55. The predicted molar refractivity (Wildman–Crippen MR) is 89.7 cm³/mol. The van der Waals surface area contributed by atoms with Crippen LogP contribution in [0.1, 0.15) is 26.7 Å². The molecule has 1 atom stereocenters. The maximum absolute atomic E-state index is 6.23. The number of ether oxygens (including phenoxy) is 1. The number of hydrogen-bond donors (Lipinski definition) is 1. The zero-order chi connectivity index (χ0) is 14.9. The third-order valence-corrected chi connectivity index (χ3v) is 3.52. The van der Waals surface area contributed by atoms with Gasteiger partial charge >= 0.3 is 0 Å².